The van der Waals surface area contributed by atoms with Gasteiger partial charge in [-0.25, -0.2) is 0 Å². The van der Waals surface area contributed by atoms with Crippen LogP contribution in [0, 0.1) is 0 Å². The number of hydrogen-bond donors (Lipinski definition) is 0. The minimum absolute atomic E-state index is 0.815. The zero-order valence-corrected chi connectivity index (χ0v) is 16.2. The zero-order chi connectivity index (χ0) is 19.3. The highest BCUT2D eigenvalue weighted by Gasteiger charge is 2.21. The van der Waals surface area contributed by atoms with E-state index in [4.69, 9.17) is 14.5 Å². The lowest BCUT2D eigenvalue weighted by molar-refractivity contribution is 0.414. The van der Waals surface area contributed by atoms with Gasteiger partial charge in [0.05, 0.1) is 19.9 Å². The third-order valence-corrected chi connectivity index (χ3v) is 5.02. The highest BCUT2D eigenvalue weighted by molar-refractivity contribution is 6.19. The van der Waals surface area contributed by atoms with E-state index in [1.807, 2.05) is 30.3 Å². The molecule has 3 aromatic rings. The van der Waals surface area contributed by atoms with Gasteiger partial charge in [0.25, 0.3) is 0 Å². The van der Waals surface area contributed by atoms with E-state index in [-0.39, 0.29) is 0 Å². The molecular weight excluding hydrogens is 346 g/mol. The molecule has 0 saturated carbocycles. The first kappa shape index (κ1) is 18.1. The number of hydrogen-bond acceptors (Lipinski definition) is 3. The van der Waals surface area contributed by atoms with E-state index < -0.39 is 0 Å². The van der Waals surface area contributed by atoms with Crippen molar-refractivity contribution in [3.05, 3.63) is 101 Å². The largest absolute Gasteiger partial charge is 0.497 e. The summed E-state index contributed by atoms with van der Waals surface area (Å²) in [5.41, 5.74) is 7.06. The summed E-state index contributed by atoms with van der Waals surface area (Å²) in [6.07, 6.45) is 0.928. The second-order valence-corrected chi connectivity index (χ2v) is 6.66. The van der Waals surface area contributed by atoms with E-state index in [2.05, 4.69) is 48.5 Å². The molecule has 1 aliphatic heterocycles. The van der Waals surface area contributed by atoms with Crippen LogP contribution in [0.1, 0.15) is 23.1 Å². The lowest BCUT2D eigenvalue weighted by atomic mass is 9.88. The van der Waals surface area contributed by atoms with Crippen molar-refractivity contribution in [1.82, 2.24) is 0 Å². The van der Waals surface area contributed by atoms with Crippen molar-refractivity contribution in [3.8, 4) is 11.5 Å². The fraction of sp³-hybridized carbons (Fsp3) is 0.160. The molecule has 0 aliphatic carbocycles. The van der Waals surface area contributed by atoms with Gasteiger partial charge in [-0.15, -0.1) is 0 Å². The van der Waals surface area contributed by atoms with Gasteiger partial charge >= 0.3 is 0 Å². The lowest BCUT2D eigenvalue weighted by Gasteiger charge is -2.16. The minimum Gasteiger partial charge on any atom is -0.497 e. The van der Waals surface area contributed by atoms with Gasteiger partial charge in [-0.3, -0.25) is 4.99 Å². The van der Waals surface area contributed by atoms with Crippen LogP contribution in [-0.4, -0.2) is 26.5 Å². The molecule has 0 fully saturated rings. The molecule has 0 unspecified atom stereocenters. The van der Waals surface area contributed by atoms with Gasteiger partial charge in [-0.1, -0.05) is 54.6 Å². The molecule has 4 rings (SSSR count). The first-order valence-corrected chi connectivity index (χ1v) is 9.42. The molecular formula is C25H23NO2. The number of aliphatic imine (C=N–C) groups is 1. The summed E-state index contributed by atoms with van der Waals surface area (Å²) < 4.78 is 10.7. The highest BCUT2D eigenvalue weighted by atomic mass is 16.5. The standard InChI is InChI=1S/C25H23NO2/c1-27-21-12-8-18(9-13-21)24(19-10-14-22(28-2)15-11-19)23-16-17-26-25(23)20-6-4-3-5-7-20/h3-15H,16-17H2,1-2H3. The van der Waals surface area contributed by atoms with Gasteiger partial charge in [-0.05, 0) is 58.5 Å². The molecule has 0 atom stereocenters. The first-order chi connectivity index (χ1) is 13.8. The average molecular weight is 369 g/mol. The van der Waals surface area contributed by atoms with Crippen LogP contribution in [0.2, 0.25) is 0 Å². The van der Waals surface area contributed by atoms with Gasteiger partial charge in [0.15, 0.2) is 0 Å². The maximum atomic E-state index is 5.34. The van der Waals surface area contributed by atoms with E-state index in [1.54, 1.807) is 14.2 Å². The number of rotatable bonds is 5. The topological polar surface area (TPSA) is 30.8 Å². The number of nitrogens with zero attached hydrogens (tertiary/aromatic N) is 1. The summed E-state index contributed by atoms with van der Waals surface area (Å²) in [6.45, 7) is 0.815. The number of benzene rings is 3. The molecule has 1 aliphatic rings. The summed E-state index contributed by atoms with van der Waals surface area (Å²) in [5.74, 6) is 1.71. The van der Waals surface area contributed by atoms with E-state index in [0.717, 1.165) is 46.9 Å². The van der Waals surface area contributed by atoms with E-state index in [9.17, 15) is 0 Å². The molecule has 3 heteroatoms. The first-order valence-electron chi connectivity index (χ1n) is 9.42. The van der Waals surface area contributed by atoms with E-state index in [0.29, 0.717) is 0 Å². The Labute approximate surface area is 166 Å². The second kappa shape index (κ2) is 8.13. The Hall–Kier alpha value is -3.33. The van der Waals surface area contributed by atoms with Crippen LogP contribution < -0.4 is 9.47 Å². The molecule has 0 aromatic heterocycles. The van der Waals surface area contributed by atoms with Crippen LogP contribution in [0.4, 0.5) is 0 Å². The van der Waals surface area contributed by atoms with Gasteiger partial charge < -0.3 is 9.47 Å². The Bertz CT molecular complexity index is 951. The smallest absolute Gasteiger partial charge is 0.118 e. The van der Waals surface area contributed by atoms with Crippen LogP contribution in [0.5, 0.6) is 11.5 Å². The quantitative estimate of drug-likeness (QED) is 0.603. The molecule has 1 heterocycles. The Kier molecular flexibility index (Phi) is 5.24. The average Bonchev–Trinajstić information content (AvgIpc) is 3.25. The summed E-state index contributed by atoms with van der Waals surface area (Å²) in [6, 6.07) is 26.9. The zero-order valence-electron chi connectivity index (χ0n) is 16.2. The molecule has 3 aromatic carbocycles. The molecule has 3 nitrogen and oxygen atoms in total. The summed E-state index contributed by atoms with van der Waals surface area (Å²) >= 11 is 0. The van der Waals surface area contributed by atoms with Crippen molar-refractivity contribution >= 4 is 11.3 Å². The monoisotopic (exact) mass is 369 g/mol. The predicted molar refractivity (Wildman–Crippen MR) is 114 cm³/mol. The Morgan fingerprint density at radius 2 is 1.25 bits per heavy atom. The lowest BCUT2D eigenvalue weighted by Crippen LogP contribution is -2.05. The van der Waals surface area contributed by atoms with Gasteiger partial charge in [0, 0.05) is 6.54 Å². The van der Waals surface area contributed by atoms with Crippen molar-refractivity contribution in [2.75, 3.05) is 20.8 Å². The molecule has 0 bridgehead atoms. The molecule has 140 valence electrons. The minimum atomic E-state index is 0.815. The van der Waals surface area contributed by atoms with Crippen molar-refractivity contribution in [2.45, 2.75) is 6.42 Å². The van der Waals surface area contributed by atoms with Crippen molar-refractivity contribution < 1.29 is 9.47 Å². The molecule has 0 saturated heterocycles. The SMILES string of the molecule is COc1ccc(C(=C2CCN=C2c2ccccc2)c2ccc(OC)cc2)cc1. The maximum absolute atomic E-state index is 5.34. The van der Waals surface area contributed by atoms with Gasteiger partial charge in [0.1, 0.15) is 11.5 Å². The molecule has 0 amide bonds. The third-order valence-electron chi connectivity index (χ3n) is 5.02. The summed E-state index contributed by atoms with van der Waals surface area (Å²) in [7, 11) is 3.38. The maximum Gasteiger partial charge on any atom is 0.118 e. The summed E-state index contributed by atoms with van der Waals surface area (Å²) in [5, 5.41) is 0. The Balaban J connectivity index is 1.88. The van der Waals surface area contributed by atoms with E-state index in [1.165, 1.54) is 11.1 Å². The molecule has 28 heavy (non-hydrogen) atoms. The van der Waals surface area contributed by atoms with Crippen LogP contribution in [0.25, 0.3) is 5.57 Å². The van der Waals surface area contributed by atoms with Crippen molar-refractivity contribution in [1.29, 1.82) is 0 Å². The van der Waals surface area contributed by atoms with Crippen LogP contribution >= 0.6 is 0 Å². The molecule has 0 radical (unpaired) electrons. The van der Waals surface area contributed by atoms with Crippen LogP contribution in [-0.2, 0) is 0 Å². The fourth-order valence-corrected chi connectivity index (χ4v) is 3.63. The van der Waals surface area contributed by atoms with Gasteiger partial charge in [0.2, 0.25) is 0 Å². The van der Waals surface area contributed by atoms with Crippen LogP contribution in [0.3, 0.4) is 0 Å². The number of methoxy groups -OCH3 is 2. The molecule has 0 N–H and O–H groups in total. The Morgan fingerprint density at radius 1 is 0.714 bits per heavy atom. The van der Waals surface area contributed by atoms with Crippen molar-refractivity contribution in [2.24, 2.45) is 4.99 Å². The molecule has 0 spiro atoms. The Morgan fingerprint density at radius 3 is 1.75 bits per heavy atom. The highest BCUT2D eigenvalue weighted by Crippen LogP contribution is 2.34. The van der Waals surface area contributed by atoms with Crippen molar-refractivity contribution in [3.63, 3.8) is 0 Å². The predicted octanol–water partition coefficient (Wildman–Crippen LogP) is 5.40. The van der Waals surface area contributed by atoms with Gasteiger partial charge in [-0.2, -0.15) is 0 Å². The second-order valence-electron chi connectivity index (χ2n) is 6.66. The number of ether oxygens (including phenoxy) is 2. The van der Waals surface area contributed by atoms with Crippen LogP contribution in [0.15, 0.2) is 89.4 Å². The normalized spacial score (nSPS) is 13.2. The fourth-order valence-electron chi connectivity index (χ4n) is 3.63. The van der Waals surface area contributed by atoms with E-state index >= 15 is 0 Å². The third kappa shape index (κ3) is 3.56. The summed E-state index contributed by atoms with van der Waals surface area (Å²) in [4.78, 5) is 4.84.